The Morgan fingerprint density at radius 1 is 1.36 bits per heavy atom. The van der Waals surface area contributed by atoms with E-state index in [1.54, 1.807) is 0 Å². The molecule has 0 spiro atoms. The molecule has 1 aromatic carbocycles. The lowest BCUT2D eigenvalue weighted by atomic mass is 9.72. The molecule has 2 aliphatic rings. The van der Waals surface area contributed by atoms with Gasteiger partial charge in [-0.1, -0.05) is 12.1 Å². The van der Waals surface area contributed by atoms with E-state index in [1.165, 1.54) is 0 Å². The van der Waals surface area contributed by atoms with Gasteiger partial charge in [-0.15, -0.1) is 0 Å². The van der Waals surface area contributed by atoms with E-state index in [2.05, 4.69) is 20.0 Å². The number of nitrogens with zero attached hydrogens (tertiary/aromatic N) is 1. The normalized spacial score (nSPS) is 28.5. The monoisotopic (exact) mass is 364 g/mol. The van der Waals surface area contributed by atoms with Gasteiger partial charge in [-0.25, -0.2) is 18.1 Å². The van der Waals surface area contributed by atoms with Crippen molar-refractivity contribution in [1.82, 2.24) is 20.0 Å². The van der Waals surface area contributed by atoms with Gasteiger partial charge < -0.3 is 15.0 Å². The molecule has 2 fully saturated rings. The third-order valence-corrected chi connectivity index (χ3v) is 5.53. The minimum Gasteiger partial charge on any atom is -0.376 e. The zero-order chi connectivity index (χ0) is 17.6. The van der Waals surface area contributed by atoms with Crippen LogP contribution < -0.4 is 10.0 Å². The molecule has 1 saturated carbocycles. The molecule has 4 atom stereocenters. The Balaban J connectivity index is 1.44. The predicted molar refractivity (Wildman–Crippen MR) is 91.3 cm³/mol. The number of ether oxygens (including phenoxy) is 1. The largest absolute Gasteiger partial charge is 0.376 e. The minimum atomic E-state index is -3.37. The fraction of sp³-hybridized carbons (Fsp3) is 0.500. The average molecular weight is 364 g/mol. The van der Waals surface area contributed by atoms with Crippen LogP contribution >= 0.6 is 0 Å². The SMILES string of the molecule is CS(=O)(=O)N[C@@H]1[C@@H](NC(=O)Cc2nc3ccccc3[nH]2)[C@H]2CCO[C@H]21. The molecule has 0 radical (unpaired) electrons. The highest BCUT2D eigenvalue weighted by atomic mass is 32.2. The van der Waals surface area contributed by atoms with Crippen molar-refractivity contribution in [3.63, 3.8) is 0 Å². The summed E-state index contributed by atoms with van der Waals surface area (Å²) in [7, 11) is -3.37. The van der Waals surface area contributed by atoms with Gasteiger partial charge in [0.25, 0.3) is 0 Å². The van der Waals surface area contributed by atoms with E-state index in [1.807, 2.05) is 24.3 Å². The smallest absolute Gasteiger partial charge is 0.227 e. The maximum absolute atomic E-state index is 12.4. The highest BCUT2D eigenvalue weighted by Gasteiger charge is 2.55. The maximum Gasteiger partial charge on any atom is 0.227 e. The van der Waals surface area contributed by atoms with Crippen LogP contribution in [0.4, 0.5) is 0 Å². The lowest BCUT2D eigenvalue weighted by Gasteiger charge is -2.47. The predicted octanol–water partition coefficient (Wildman–Crippen LogP) is -0.0733. The Kier molecular flexibility index (Phi) is 4.01. The number of aromatic amines is 1. The highest BCUT2D eigenvalue weighted by molar-refractivity contribution is 7.88. The van der Waals surface area contributed by atoms with Crippen LogP contribution in [0.2, 0.25) is 0 Å². The van der Waals surface area contributed by atoms with Crippen molar-refractivity contribution in [3.05, 3.63) is 30.1 Å². The number of rotatable bonds is 5. The van der Waals surface area contributed by atoms with E-state index >= 15 is 0 Å². The van der Waals surface area contributed by atoms with E-state index in [4.69, 9.17) is 4.74 Å². The number of H-pyrrole nitrogens is 1. The van der Waals surface area contributed by atoms with Crippen LogP contribution in [0.3, 0.4) is 0 Å². The van der Waals surface area contributed by atoms with Crippen molar-refractivity contribution in [2.45, 2.75) is 31.0 Å². The Morgan fingerprint density at radius 2 is 2.16 bits per heavy atom. The van der Waals surface area contributed by atoms with Crippen LogP contribution in [-0.2, 0) is 26.0 Å². The van der Waals surface area contributed by atoms with Crippen molar-refractivity contribution in [2.24, 2.45) is 5.92 Å². The second kappa shape index (κ2) is 6.08. The quantitative estimate of drug-likeness (QED) is 0.687. The fourth-order valence-corrected chi connectivity index (χ4v) is 4.54. The molecular formula is C16H20N4O4S. The van der Waals surface area contributed by atoms with Gasteiger partial charge in [-0.3, -0.25) is 4.79 Å². The Labute approximate surface area is 145 Å². The number of aromatic nitrogens is 2. The van der Waals surface area contributed by atoms with Crippen LogP contribution in [0, 0.1) is 5.92 Å². The third kappa shape index (κ3) is 3.26. The zero-order valence-corrected chi connectivity index (χ0v) is 14.5. The molecular weight excluding hydrogens is 344 g/mol. The standard InChI is InChI=1S/C16H20N4O4S/c1-25(22,23)20-15-14(9-6-7-24-16(9)15)19-13(21)8-12-17-10-4-2-3-5-11(10)18-12/h2-5,9,14-16,20H,6-8H2,1H3,(H,17,18)(H,19,21)/t9-,14+,15-,16-/m1/s1. The summed E-state index contributed by atoms with van der Waals surface area (Å²) in [6, 6.07) is 6.92. The summed E-state index contributed by atoms with van der Waals surface area (Å²) in [5.74, 6) is 0.554. The molecule has 134 valence electrons. The number of carbonyl (C=O) groups is 1. The molecule has 8 nitrogen and oxygen atoms in total. The first-order valence-electron chi connectivity index (χ1n) is 8.22. The summed E-state index contributed by atoms with van der Waals surface area (Å²) in [5, 5.41) is 2.95. The van der Waals surface area contributed by atoms with Crippen molar-refractivity contribution < 1.29 is 17.9 Å². The van der Waals surface area contributed by atoms with E-state index in [9.17, 15) is 13.2 Å². The molecule has 2 heterocycles. The Hall–Kier alpha value is -1.97. The number of hydrogen-bond donors (Lipinski definition) is 3. The maximum atomic E-state index is 12.4. The number of para-hydroxylation sites is 2. The van der Waals surface area contributed by atoms with Gasteiger partial charge in [-0.05, 0) is 18.6 Å². The van der Waals surface area contributed by atoms with E-state index in [-0.39, 0.29) is 30.4 Å². The minimum absolute atomic E-state index is 0.120. The number of carbonyl (C=O) groups excluding carboxylic acids is 1. The lowest BCUT2D eigenvalue weighted by molar-refractivity contribution is -0.124. The van der Waals surface area contributed by atoms with E-state index < -0.39 is 16.1 Å². The van der Waals surface area contributed by atoms with Crippen LogP contribution in [0.1, 0.15) is 12.2 Å². The topological polar surface area (TPSA) is 113 Å². The molecule has 1 aliphatic carbocycles. The van der Waals surface area contributed by atoms with Crippen LogP contribution in [-0.4, -0.2) is 55.3 Å². The van der Waals surface area contributed by atoms with Gasteiger partial charge in [0.1, 0.15) is 5.82 Å². The third-order valence-electron chi connectivity index (χ3n) is 4.83. The second-order valence-corrected chi connectivity index (χ2v) is 8.45. The Bertz CT molecular complexity index is 877. The van der Waals surface area contributed by atoms with Gasteiger partial charge >= 0.3 is 0 Å². The summed E-state index contributed by atoms with van der Waals surface area (Å²) in [5.41, 5.74) is 1.70. The Morgan fingerprint density at radius 3 is 2.92 bits per heavy atom. The molecule has 1 amide bonds. The lowest BCUT2D eigenvalue weighted by Crippen LogP contribution is -2.70. The van der Waals surface area contributed by atoms with E-state index in [0.717, 1.165) is 23.7 Å². The van der Waals surface area contributed by atoms with Gasteiger partial charge in [0.2, 0.25) is 15.9 Å². The van der Waals surface area contributed by atoms with Crippen molar-refractivity contribution in [3.8, 4) is 0 Å². The average Bonchev–Trinajstić information content (AvgIpc) is 3.13. The summed E-state index contributed by atoms with van der Waals surface area (Å²) >= 11 is 0. The summed E-state index contributed by atoms with van der Waals surface area (Å²) < 4.78 is 31.3. The molecule has 0 unspecified atom stereocenters. The van der Waals surface area contributed by atoms with Gasteiger partial charge in [0.05, 0.1) is 41.9 Å². The number of amides is 1. The van der Waals surface area contributed by atoms with Crippen LogP contribution in [0.25, 0.3) is 11.0 Å². The fourth-order valence-electron chi connectivity index (χ4n) is 3.77. The molecule has 0 bridgehead atoms. The second-order valence-electron chi connectivity index (χ2n) is 6.67. The molecule has 4 rings (SSSR count). The van der Waals surface area contributed by atoms with Crippen molar-refractivity contribution in [2.75, 3.05) is 12.9 Å². The molecule has 9 heteroatoms. The van der Waals surface area contributed by atoms with Crippen LogP contribution in [0.5, 0.6) is 0 Å². The molecule has 1 aromatic heterocycles. The first kappa shape index (κ1) is 16.5. The molecule has 1 saturated heterocycles. The number of sulfonamides is 1. The molecule has 2 aromatic rings. The van der Waals surface area contributed by atoms with Gasteiger partial charge in [0.15, 0.2) is 0 Å². The number of hydrogen-bond acceptors (Lipinski definition) is 5. The van der Waals surface area contributed by atoms with Crippen LogP contribution in [0.15, 0.2) is 24.3 Å². The van der Waals surface area contributed by atoms with E-state index in [0.29, 0.717) is 12.4 Å². The number of fused-ring (bicyclic) bond motifs is 2. The first-order valence-corrected chi connectivity index (χ1v) is 10.1. The summed E-state index contributed by atoms with van der Waals surface area (Å²) in [6.45, 7) is 0.590. The van der Waals surface area contributed by atoms with Crippen molar-refractivity contribution >= 4 is 27.0 Å². The molecule has 1 aliphatic heterocycles. The van der Waals surface area contributed by atoms with Gasteiger partial charge in [0, 0.05) is 12.5 Å². The first-order chi connectivity index (χ1) is 11.9. The number of benzene rings is 1. The summed E-state index contributed by atoms with van der Waals surface area (Å²) in [4.78, 5) is 19.9. The van der Waals surface area contributed by atoms with Gasteiger partial charge in [-0.2, -0.15) is 0 Å². The molecule has 25 heavy (non-hydrogen) atoms. The number of nitrogens with one attached hydrogen (secondary N) is 3. The molecule has 3 N–H and O–H groups in total. The number of imidazole rings is 1. The highest BCUT2D eigenvalue weighted by Crippen LogP contribution is 2.39. The summed E-state index contributed by atoms with van der Waals surface area (Å²) in [6.07, 6.45) is 1.89. The van der Waals surface area contributed by atoms with Crippen molar-refractivity contribution in [1.29, 1.82) is 0 Å². The zero-order valence-electron chi connectivity index (χ0n) is 13.7.